The second-order valence-electron chi connectivity index (χ2n) is 9.21. The molecule has 0 N–H and O–H groups in total. The number of likely N-dealkylation sites (tertiary alicyclic amines) is 1. The van der Waals surface area contributed by atoms with E-state index in [9.17, 15) is 4.79 Å². The number of nitrogens with zero attached hydrogens (tertiary/aromatic N) is 2. The lowest BCUT2D eigenvalue weighted by Gasteiger charge is -2.37. The minimum absolute atomic E-state index is 0.0778. The van der Waals surface area contributed by atoms with E-state index in [0.29, 0.717) is 12.6 Å². The van der Waals surface area contributed by atoms with Crippen molar-refractivity contribution in [2.45, 2.75) is 37.8 Å². The average molecular weight is 473 g/mol. The highest BCUT2D eigenvalue weighted by atomic mass is 32.1. The molecule has 33 heavy (non-hydrogen) atoms. The first-order valence-electron chi connectivity index (χ1n) is 11.9. The highest BCUT2D eigenvalue weighted by molar-refractivity contribution is 7.10. The molecular weight excluding hydrogens is 444 g/mol. The Bertz CT molecular complexity index is 1260. The molecule has 168 valence electrons. The SMILES string of the molecule is O=C(CN1CCCC1Cc1ccc2ccccc2c1)N1CCc2sccc2C1c1cccs1. The third-order valence-electron chi connectivity index (χ3n) is 7.22. The first kappa shape index (κ1) is 21.1. The molecule has 0 saturated carbocycles. The van der Waals surface area contributed by atoms with Crippen LogP contribution < -0.4 is 0 Å². The smallest absolute Gasteiger partial charge is 0.237 e. The van der Waals surface area contributed by atoms with Gasteiger partial charge in [-0.2, -0.15) is 0 Å². The van der Waals surface area contributed by atoms with E-state index in [1.807, 2.05) is 11.3 Å². The van der Waals surface area contributed by atoms with Crippen LogP contribution in [-0.2, 0) is 17.6 Å². The number of carbonyl (C=O) groups is 1. The lowest BCUT2D eigenvalue weighted by Crippen LogP contribution is -2.46. The van der Waals surface area contributed by atoms with Crippen molar-refractivity contribution in [2.24, 2.45) is 0 Å². The van der Waals surface area contributed by atoms with Crippen LogP contribution in [0, 0.1) is 0 Å². The van der Waals surface area contributed by atoms with Crippen LogP contribution in [0.15, 0.2) is 71.4 Å². The predicted octanol–water partition coefficient (Wildman–Crippen LogP) is 6.14. The van der Waals surface area contributed by atoms with Crippen molar-refractivity contribution in [3.05, 3.63) is 92.3 Å². The minimum Gasteiger partial charge on any atom is -0.329 e. The minimum atomic E-state index is 0.0778. The molecule has 1 fully saturated rings. The summed E-state index contributed by atoms with van der Waals surface area (Å²) < 4.78 is 0. The summed E-state index contributed by atoms with van der Waals surface area (Å²) in [5.41, 5.74) is 2.70. The van der Waals surface area contributed by atoms with Crippen molar-refractivity contribution in [1.29, 1.82) is 0 Å². The van der Waals surface area contributed by atoms with E-state index in [2.05, 4.69) is 81.2 Å². The Labute approximate surface area is 203 Å². The first-order valence-corrected chi connectivity index (χ1v) is 13.6. The van der Waals surface area contributed by atoms with E-state index < -0.39 is 0 Å². The maximum Gasteiger partial charge on any atom is 0.237 e. The third-order valence-corrected chi connectivity index (χ3v) is 9.14. The largest absolute Gasteiger partial charge is 0.329 e. The normalized spacial score (nSPS) is 20.9. The van der Waals surface area contributed by atoms with Gasteiger partial charge in [0.25, 0.3) is 0 Å². The molecule has 3 nitrogen and oxygen atoms in total. The van der Waals surface area contributed by atoms with Crippen LogP contribution in [0.1, 0.15) is 39.8 Å². The quantitative estimate of drug-likeness (QED) is 0.348. The summed E-state index contributed by atoms with van der Waals surface area (Å²) in [5.74, 6) is 0.274. The van der Waals surface area contributed by atoms with Gasteiger partial charge in [0.15, 0.2) is 0 Å². The van der Waals surface area contributed by atoms with Gasteiger partial charge in [0.05, 0.1) is 12.6 Å². The second kappa shape index (κ2) is 9.05. The molecule has 1 amide bonds. The summed E-state index contributed by atoms with van der Waals surface area (Å²) in [4.78, 5) is 21.0. The lowest BCUT2D eigenvalue weighted by molar-refractivity contribution is -0.134. The van der Waals surface area contributed by atoms with Crippen molar-refractivity contribution in [2.75, 3.05) is 19.6 Å². The van der Waals surface area contributed by atoms with Gasteiger partial charge in [-0.1, -0.05) is 48.5 Å². The topological polar surface area (TPSA) is 23.6 Å². The van der Waals surface area contributed by atoms with E-state index >= 15 is 0 Å². The zero-order valence-corrected chi connectivity index (χ0v) is 20.3. The Kier molecular flexibility index (Phi) is 5.78. The van der Waals surface area contributed by atoms with Crippen LogP contribution >= 0.6 is 22.7 Å². The van der Waals surface area contributed by atoms with E-state index in [1.54, 1.807) is 11.3 Å². The average Bonchev–Trinajstić information content (AvgIpc) is 3.61. The zero-order chi connectivity index (χ0) is 22.2. The molecule has 0 bridgehead atoms. The van der Waals surface area contributed by atoms with Crippen LogP contribution in [0.3, 0.4) is 0 Å². The molecule has 1 saturated heterocycles. The summed E-state index contributed by atoms with van der Waals surface area (Å²) in [6, 6.07) is 22.4. The van der Waals surface area contributed by atoms with Gasteiger partial charge in [0.1, 0.15) is 0 Å². The van der Waals surface area contributed by atoms with Crippen LogP contribution in [0.4, 0.5) is 0 Å². The van der Waals surface area contributed by atoms with Gasteiger partial charge in [0.2, 0.25) is 5.91 Å². The molecule has 4 heterocycles. The van der Waals surface area contributed by atoms with Gasteiger partial charge in [-0.25, -0.2) is 0 Å². The van der Waals surface area contributed by atoms with Crippen LogP contribution in [0.25, 0.3) is 10.8 Å². The maximum atomic E-state index is 13.7. The van der Waals surface area contributed by atoms with E-state index in [1.165, 1.54) is 44.5 Å². The summed E-state index contributed by atoms with van der Waals surface area (Å²) >= 11 is 3.59. The van der Waals surface area contributed by atoms with Gasteiger partial charge in [0, 0.05) is 22.3 Å². The van der Waals surface area contributed by atoms with Crippen LogP contribution in [-0.4, -0.2) is 41.4 Å². The highest BCUT2D eigenvalue weighted by Gasteiger charge is 2.35. The fourth-order valence-electron chi connectivity index (χ4n) is 5.58. The molecule has 2 aromatic carbocycles. The van der Waals surface area contributed by atoms with E-state index in [4.69, 9.17) is 0 Å². The van der Waals surface area contributed by atoms with Gasteiger partial charge in [-0.15, -0.1) is 22.7 Å². The molecule has 0 spiro atoms. The fourth-order valence-corrected chi connectivity index (χ4v) is 7.33. The van der Waals surface area contributed by atoms with Crippen molar-refractivity contribution in [3.63, 3.8) is 0 Å². The number of fused-ring (bicyclic) bond motifs is 2. The van der Waals surface area contributed by atoms with Gasteiger partial charge < -0.3 is 4.90 Å². The second-order valence-corrected chi connectivity index (χ2v) is 11.2. The molecule has 4 aromatic rings. The Morgan fingerprint density at radius 3 is 2.73 bits per heavy atom. The van der Waals surface area contributed by atoms with Crippen molar-refractivity contribution in [3.8, 4) is 0 Å². The summed E-state index contributed by atoms with van der Waals surface area (Å²) in [7, 11) is 0. The summed E-state index contributed by atoms with van der Waals surface area (Å²) in [6.07, 6.45) is 4.33. The van der Waals surface area contributed by atoms with Gasteiger partial charge >= 0.3 is 0 Å². The predicted molar refractivity (Wildman–Crippen MR) is 138 cm³/mol. The number of amides is 1. The molecule has 0 radical (unpaired) electrons. The lowest BCUT2D eigenvalue weighted by atomic mass is 9.98. The van der Waals surface area contributed by atoms with Crippen molar-refractivity contribution in [1.82, 2.24) is 9.80 Å². The zero-order valence-electron chi connectivity index (χ0n) is 18.7. The van der Waals surface area contributed by atoms with Crippen molar-refractivity contribution >= 4 is 39.4 Å². The summed E-state index contributed by atoms with van der Waals surface area (Å²) in [6.45, 7) is 2.36. The highest BCUT2D eigenvalue weighted by Crippen LogP contribution is 2.39. The Balaban J connectivity index is 1.19. The number of benzene rings is 2. The fraction of sp³-hybridized carbons (Fsp3) is 0.321. The molecule has 6 rings (SSSR count). The van der Waals surface area contributed by atoms with Crippen molar-refractivity contribution < 1.29 is 4.79 Å². The Hall–Kier alpha value is -2.47. The molecule has 2 aromatic heterocycles. The van der Waals surface area contributed by atoms with Gasteiger partial charge in [-0.3, -0.25) is 9.69 Å². The number of thiophene rings is 2. The van der Waals surface area contributed by atoms with E-state index in [-0.39, 0.29) is 11.9 Å². The maximum absolute atomic E-state index is 13.7. The van der Waals surface area contributed by atoms with Crippen LogP contribution in [0.2, 0.25) is 0 Å². The van der Waals surface area contributed by atoms with Gasteiger partial charge in [-0.05, 0) is 77.0 Å². The third kappa shape index (κ3) is 4.14. The molecule has 5 heteroatoms. The molecule has 2 aliphatic heterocycles. The monoisotopic (exact) mass is 472 g/mol. The molecule has 0 aliphatic carbocycles. The standard InChI is InChI=1S/C28H28N2OS2/c31-27(30-14-11-25-24(12-16-33-25)28(30)26-8-4-15-32-26)19-29-13-3-7-23(29)18-20-9-10-21-5-1-2-6-22(21)17-20/h1-2,4-6,8-10,12,15-17,23,28H,3,7,11,13-14,18-19H2. The van der Waals surface area contributed by atoms with Crippen LogP contribution in [0.5, 0.6) is 0 Å². The number of carbonyl (C=O) groups excluding carboxylic acids is 1. The Morgan fingerprint density at radius 2 is 1.85 bits per heavy atom. The summed E-state index contributed by atoms with van der Waals surface area (Å²) in [5, 5.41) is 6.89. The number of rotatable bonds is 5. The molecule has 2 atom stereocenters. The van der Waals surface area contributed by atoms with E-state index in [0.717, 1.165) is 25.9 Å². The molecule has 2 unspecified atom stereocenters. The molecular formula is C28H28N2OS2. The number of hydrogen-bond donors (Lipinski definition) is 0. The first-order chi connectivity index (χ1) is 16.3. The number of hydrogen-bond acceptors (Lipinski definition) is 4. The molecule has 2 aliphatic rings. The Morgan fingerprint density at radius 1 is 0.939 bits per heavy atom.